The molecule has 0 amide bonds. The number of unbranched alkanes of at least 4 members (excludes halogenated alkanes) is 1. The molecule has 1 atom stereocenters. The number of ether oxygens (including phenoxy) is 1. The summed E-state index contributed by atoms with van der Waals surface area (Å²) in [7, 11) is 0. The first kappa shape index (κ1) is 26.2. The van der Waals surface area contributed by atoms with Gasteiger partial charge < -0.3 is 9.72 Å². The molecule has 5 heteroatoms. The lowest BCUT2D eigenvalue weighted by Crippen LogP contribution is -2.32. The molecule has 1 fully saturated rings. The molecule has 1 saturated heterocycles. The van der Waals surface area contributed by atoms with Crippen LogP contribution in [0.1, 0.15) is 62.5 Å². The minimum Gasteiger partial charge on any atom is -0.493 e. The largest absolute Gasteiger partial charge is 0.493 e. The lowest BCUT2D eigenvalue weighted by atomic mass is 9.77. The van der Waals surface area contributed by atoms with Crippen LogP contribution in [-0.2, 0) is 6.54 Å². The molecule has 1 aliphatic carbocycles. The average molecular weight is 491 g/mol. The Morgan fingerprint density at radius 1 is 1.06 bits per heavy atom. The number of likely N-dealkylation sites (tertiary alicyclic amines) is 1. The van der Waals surface area contributed by atoms with Crippen LogP contribution >= 0.6 is 0 Å². The fourth-order valence-corrected chi connectivity index (χ4v) is 5.37. The van der Waals surface area contributed by atoms with Gasteiger partial charge in [-0.2, -0.15) is 0 Å². The average Bonchev–Trinajstić information content (AvgIpc) is 3.21. The second-order valence-electron chi connectivity index (χ2n) is 10.3. The SMILES string of the molecule is Cc1ccccc1OCC1(CCCCC2=C(F)C=CCC=C2)CCCN(Cc2ccc[nH]c2=O)CC1. The third-order valence-electron chi connectivity index (χ3n) is 7.63. The number of nitrogens with one attached hydrogen (secondary N) is 1. The van der Waals surface area contributed by atoms with Crippen LogP contribution in [0.4, 0.5) is 4.39 Å². The maximum atomic E-state index is 14.3. The second kappa shape index (κ2) is 12.9. The summed E-state index contributed by atoms with van der Waals surface area (Å²) in [5.74, 6) is 0.860. The van der Waals surface area contributed by atoms with Gasteiger partial charge in [-0.3, -0.25) is 9.69 Å². The van der Waals surface area contributed by atoms with Gasteiger partial charge in [0.05, 0.1) is 6.61 Å². The number of H-pyrrole nitrogens is 1. The molecule has 2 aliphatic rings. The molecule has 1 N–H and O–H groups in total. The van der Waals surface area contributed by atoms with Crippen LogP contribution in [0.5, 0.6) is 5.75 Å². The first-order valence-electron chi connectivity index (χ1n) is 13.3. The summed E-state index contributed by atoms with van der Waals surface area (Å²) in [5, 5.41) is 0. The number of para-hydroxylation sites is 1. The standard InChI is InChI=1S/C31H39FN2O2/c1-25-11-5-6-16-29(25)36-24-31(17-8-7-13-26-12-3-2-4-15-28(26)32)18-10-21-34(22-19-31)23-27-14-9-20-33-30(27)35/h3-6,9,11-12,14-16,20H,2,7-8,10,13,17-19,21-24H2,1H3,(H,33,35). The fourth-order valence-electron chi connectivity index (χ4n) is 5.37. The Hall–Kier alpha value is -2.92. The van der Waals surface area contributed by atoms with Gasteiger partial charge >= 0.3 is 0 Å². The van der Waals surface area contributed by atoms with E-state index >= 15 is 0 Å². The smallest absolute Gasteiger partial charge is 0.252 e. The third-order valence-corrected chi connectivity index (χ3v) is 7.63. The summed E-state index contributed by atoms with van der Waals surface area (Å²) in [6, 6.07) is 12.0. The highest BCUT2D eigenvalue weighted by molar-refractivity contribution is 5.32. The summed E-state index contributed by atoms with van der Waals surface area (Å²) in [6.07, 6.45) is 17.0. The topological polar surface area (TPSA) is 45.3 Å². The minimum absolute atomic E-state index is 0.000148. The van der Waals surface area contributed by atoms with Gasteiger partial charge in [0, 0.05) is 23.7 Å². The van der Waals surface area contributed by atoms with Gasteiger partial charge in [-0.25, -0.2) is 4.39 Å². The van der Waals surface area contributed by atoms with E-state index < -0.39 is 0 Å². The predicted octanol–water partition coefficient (Wildman–Crippen LogP) is 7.03. The lowest BCUT2D eigenvalue weighted by molar-refractivity contribution is 0.108. The van der Waals surface area contributed by atoms with Crippen LogP contribution in [0.15, 0.2) is 83.1 Å². The molecule has 0 spiro atoms. The van der Waals surface area contributed by atoms with Crippen molar-refractivity contribution in [1.82, 2.24) is 9.88 Å². The zero-order valence-electron chi connectivity index (χ0n) is 21.5. The first-order chi connectivity index (χ1) is 17.5. The molecule has 192 valence electrons. The Bertz CT molecular complexity index is 1150. The number of rotatable bonds is 10. The fraction of sp³-hybridized carbons (Fsp3) is 0.452. The highest BCUT2D eigenvalue weighted by Crippen LogP contribution is 2.38. The molecule has 0 radical (unpaired) electrons. The van der Waals surface area contributed by atoms with Crippen molar-refractivity contribution in [3.63, 3.8) is 0 Å². The summed E-state index contributed by atoms with van der Waals surface area (Å²) < 4.78 is 20.7. The number of benzene rings is 1. The van der Waals surface area contributed by atoms with Crippen LogP contribution in [-0.4, -0.2) is 29.6 Å². The second-order valence-corrected chi connectivity index (χ2v) is 10.3. The van der Waals surface area contributed by atoms with Crippen LogP contribution < -0.4 is 10.3 Å². The molecular weight excluding hydrogens is 451 g/mol. The first-order valence-corrected chi connectivity index (χ1v) is 13.3. The monoisotopic (exact) mass is 490 g/mol. The maximum absolute atomic E-state index is 14.3. The van der Waals surface area contributed by atoms with Crippen molar-refractivity contribution in [1.29, 1.82) is 0 Å². The Labute approximate surface area is 214 Å². The van der Waals surface area contributed by atoms with Gasteiger partial charge in [0.25, 0.3) is 5.56 Å². The van der Waals surface area contributed by atoms with Crippen molar-refractivity contribution in [3.8, 4) is 5.75 Å². The van der Waals surface area contributed by atoms with Gasteiger partial charge in [0.15, 0.2) is 0 Å². The zero-order valence-corrected chi connectivity index (χ0v) is 21.5. The molecule has 1 aliphatic heterocycles. The molecule has 1 unspecified atom stereocenters. The quantitative estimate of drug-likeness (QED) is 0.364. The molecule has 4 nitrogen and oxygen atoms in total. The summed E-state index contributed by atoms with van der Waals surface area (Å²) in [6.45, 7) is 5.38. The molecule has 1 aromatic heterocycles. The van der Waals surface area contributed by atoms with Gasteiger partial charge in [0.1, 0.15) is 11.6 Å². The Morgan fingerprint density at radius 2 is 1.92 bits per heavy atom. The van der Waals surface area contributed by atoms with Gasteiger partial charge in [0.2, 0.25) is 0 Å². The summed E-state index contributed by atoms with van der Waals surface area (Å²) in [4.78, 5) is 17.4. The number of aromatic nitrogens is 1. The molecule has 0 saturated carbocycles. The van der Waals surface area contributed by atoms with Gasteiger partial charge in [-0.15, -0.1) is 0 Å². The third kappa shape index (κ3) is 7.30. The highest BCUT2D eigenvalue weighted by atomic mass is 19.1. The van der Waals surface area contributed by atoms with Crippen molar-refractivity contribution < 1.29 is 9.13 Å². The van der Waals surface area contributed by atoms with E-state index in [1.54, 1.807) is 12.3 Å². The Balaban J connectivity index is 1.41. The van der Waals surface area contributed by atoms with Gasteiger partial charge in [-0.05, 0) is 94.3 Å². The van der Waals surface area contributed by atoms with Gasteiger partial charge in [-0.1, -0.05) is 48.9 Å². The number of pyridine rings is 1. The van der Waals surface area contributed by atoms with Crippen molar-refractivity contribution >= 4 is 0 Å². The lowest BCUT2D eigenvalue weighted by Gasteiger charge is -2.33. The number of nitrogens with zero attached hydrogens (tertiary/aromatic N) is 1. The van der Waals surface area contributed by atoms with Crippen LogP contribution in [0.3, 0.4) is 0 Å². The minimum atomic E-state index is -0.0950. The van der Waals surface area contributed by atoms with E-state index in [1.165, 1.54) is 0 Å². The van der Waals surface area contributed by atoms with Crippen LogP contribution in [0, 0.1) is 12.3 Å². The van der Waals surface area contributed by atoms with E-state index in [2.05, 4.69) is 28.9 Å². The van der Waals surface area contributed by atoms with E-state index in [1.807, 2.05) is 42.5 Å². The normalized spacial score (nSPS) is 20.8. The number of aromatic amines is 1. The highest BCUT2D eigenvalue weighted by Gasteiger charge is 2.33. The molecule has 2 aromatic rings. The van der Waals surface area contributed by atoms with E-state index in [0.29, 0.717) is 13.2 Å². The molecule has 4 rings (SSSR count). The molecular formula is C31H39FN2O2. The number of hydrogen-bond donors (Lipinski definition) is 1. The van der Waals surface area contributed by atoms with Crippen molar-refractivity contribution in [2.45, 2.75) is 64.8 Å². The molecule has 2 heterocycles. The maximum Gasteiger partial charge on any atom is 0.252 e. The van der Waals surface area contributed by atoms with Crippen molar-refractivity contribution in [2.75, 3.05) is 19.7 Å². The van der Waals surface area contributed by atoms with Crippen LogP contribution in [0.25, 0.3) is 0 Å². The van der Waals surface area contributed by atoms with Crippen molar-refractivity contribution in [3.05, 3.63) is 99.8 Å². The van der Waals surface area contributed by atoms with E-state index in [-0.39, 0.29) is 16.8 Å². The number of aryl methyl sites for hydroxylation is 1. The number of allylic oxidation sites excluding steroid dienone is 6. The van der Waals surface area contributed by atoms with E-state index in [4.69, 9.17) is 4.74 Å². The molecule has 0 bridgehead atoms. The predicted molar refractivity (Wildman–Crippen MR) is 145 cm³/mol. The summed E-state index contributed by atoms with van der Waals surface area (Å²) >= 11 is 0. The Kier molecular flexibility index (Phi) is 9.35. The number of hydrogen-bond acceptors (Lipinski definition) is 3. The molecule has 1 aromatic carbocycles. The number of halogens is 1. The zero-order chi connectivity index (χ0) is 25.2. The summed E-state index contributed by atoms with van der Waals surface area (Å²) in [5.41, 5.74) is 2.87. The van der Waals surface area contributed by atoms with E-state index in [9.17, 15) is 9.18 Å². The Morgan fingerprint density at radius 3 is 2.78 bits per heavy atom. The van der Waals surface area contributed by atoms with Crippen LogP contribution in [0.2, 0.25) is 0 Å². The molecule has 36 heavy (non-hydrogen) atoms. The van der Waals surface area contributed by atoms with Crippen molar-refractivity contribution in [2.24, 2.45) is 5.41 Å². The van der Waals surface area contributed by atoms with E-state index in [0.717, 1.165) is 86.9 Å².